The van der Waals surface area contributed by atoms with Gasteiger partial charge in [-0.3, -0.25) is 0 Å². The van der Waals surface area contributed by atoms with Crippen molar-refractivity contribution in [3.05, 3.63) is 51.5 Å². The van der Waals surface area contributed by atoms with Crippen LogP contribution < -0.4 is 0 Å². The molecule has 88 valence electrons. The molecule has 0 aliphatic heterocycles. The molecule has 2 aromatic rings. The molecule has 0 amide bonds. The highest BCUT2D eigenvalue weighted by atomic mass is 32.1. The van der Waals surface area contributed by atoms with Gasteiger partial charge in [-0.1, -0.05) is 30.3 Å². The molecule has 1 aromatic heterocycles. The maximum atomic E-state index is 11.8. The quantitative estimate of drug-likeness (QED) is 0.782. The lowest BCUT2D eigenvalue weighted by atomic mass is 10.2. The van der Waals surface area contributed by atoms with E-state index in [0.717, 1.165) is 16.3 Å². The Labute approximate surface area is 104 Å². The predicted molar refractivity (Wildman–Crippen MR) is 67.1 cm³/mol. The second-order valence-electron chi connectivity index (χ2n) is 3.71. The lowest BCUT2D eigenvalue weighted by Crippen LogP contribution is -2.04. The third-order valence-corrected chi connectivity index (χ3v) is 3.35. The van der Waals surface area contributed by atoms with Crippen molar-refractivity contribution in [3.8, 4) is 0 Å². The zero-order valence-corrected chi connectivity index (χ0v) is 10.6. The molecule has 0 bridgehead atoms. The van der Waals surface area contributed by atoms with E-state index in [1.165, 1.54) is 11.3 Å². The molecule has 2 rings (SSSR count). The Hall–Kier alpha value is -1.68. The Kier molecular flexibility index (Phi) is 3.54. The number of nitrogens with zero attached hydrogens (tertiary/aromatic N) is 1. The normalized spacial score (nSPS) is 10.2. The van der Waals surface area contributed by atoms with Crippen LogP contribution in [0.2, 0.25) is 0 Å². The highest BCUT2D eigenvalue weighted by Crippen LogP contribution is 2.18. The number of hydrogen-bond acceptors (Lipinski definition) is 4. The first-order valence-corrected chi connectivity index (χ1v) is 6.13. The fourth-order valence-electron chi connectivity index (χ4n) is 1.51. The number of benzene rings is 1. The van der Waals surface area contributed by atoms with Crippen LogP contribution >= 0.6 is 11.3 Å². The molecule has 0 N–H and O–H groups in total. The smallest absolute Gasteiger partial charge is 0.350 e. The Morgan fingerprint density at radius 3 is 2.59 bits per heavy atom. The minimum Gasteiger partial charge on any atom is -0.457 e. The lowest BCUT2D eigenvalue weighted by molar-refractivity contribution is 0.0477. The molecule has 0 radical (unpaired) electrons. The predicted octanol–water partition coefficient (Wildman–Crippen LogP) is 3.12. The van der Waals surface area contributed by atoms with E-state index in [0.29, 0.717) is 11.5 Å². The van der Waals surface area contributed by atoms with Crippen LogP contribution in [0.5, 0.6) is 0 Å². The first-order valence-electron chi connectivity index (χ1n) is 5.32. The molecule has 3 nitrogen and oxygen atoms in total. The van der Waals surface area contributed by atoms with Crippen molar-refractivity contribution >= 4 is 17.3 Å². The van der Waals surface area contributed by atoms with Crippen molar-refractivity contribution in [2.45, 2.75) is 20.5 Å². The number of rotatable bonds is 3. The van der Waals surface area contributed by atoms with E-state index in [9.17, 15) is 4.79 Å². The summed E-state index contributed by atoms with van der Waals surface area (Å²) in [5.41, 5.74) is 1.73. The molecule has 0 saturated heterocycles. The summed E-state index contributed by atoms with van der Waals surface area (Å²) in [6.45, 7) is 4.00. The largest absolute Gasteiger partial charge is 0.457 e. The van der Waals surface area contributed by atoms with Gasteiger partial charge in [0.2, 0.25) is 0 Å². The number of ether oxygens (including phenoxy) is 1. The molecule has 4 heteroatoms. The lowest BCUT2D eigenvalue weighted by Gasteiger charge is -2.03. The maximum absolute atomic E-state index is 11.8. The molecular formula is C13H13NO2S. The standard InChI is InChI=1S/C13H13NO2S/c1-9-12(17-10(2)14-9)13(15)16-8-11-6-4-3-5-7-11/h3-7H,8H2,1-2H3. The van der Waals surface area contributed by atoms with E-state index >= 15 is 0 Å². The summed E-state index contributed by atoms with van der Waals surface area (Å²) in [6, 6.07) is 9.63. The minimum atomic E-state index is -0.294. The van der Waals surface area contributed by atoms with Crippen molar-refractivity contribution in [3.63, 3.8) is 0 Å². The number of carbonyl (C=O) groups is 1. The summed E-state index contributed by atoms with van der Waals surface area (Å²) in [4.78, 5) is 16.6. The summed E-state index contributed by atoms with van der Waals surface area (Å²) in [7, 11) is 0. The van der Waals surface area contributed by atoms with Gasteiger partial charge in [-0.2, -0.15) is 0 Å². The number of esters is 1. The van der Waals surface area contributed by atoms with E-state index < -0.39 is 0 Å². The summed E-state index contributed by atoms with van der Waals surface area (Å²) in [5.74, 6) is -0.294. The number of aromatic nitrogens is 1. The van der Waals surface area contributed by atoms with Crippen LogP contribution in [0.3, 0.4) is 0 Å². The van der Waals surface area contributed by atoms with Crippen molar-refractivity contribution in [2.75, 3.05) is 0 Å². The Morgan fingerprint density at radius 1 is 1.29 bits per heavy atom. The van der Waals surface area contributed by atoms with Gasteiger partial charge in [0, 0.05) is 0 Å². The van der Waals surface area contributed by atoms with Gasteiger partial charge in [0.25, 0.3) is 0 Å². The number of carbonyl (C=O) groups excluding carboxylic acids is 1. The van der Waals surface area contributed by atoms with Crippen LogP contribution in [0.1, 0.15) is 25.9 Å². The van der Waals surface area contributed by atoms with Crippen LogP contribution in [0.15, 0.2) is 30.3 Å². The van der Waals surface area contributed by atoms with Gasteiger partial charge < -0.3 is 4.74 Å². The SMILES string of the molecule is Cc1nc(C)c(C(=O)OCc2ccccc2)s1. The highest BCUT2D eigenvalue weighted by molar-refractivity contribution is 7.13. The molecule has 0 aliphatic carbocycles. The van der Waals surface area contributed by atoms with E-state index in [4.69, 9.17) is 4.74 Å². The van der Waals surface area contributed by atoms with Crippen LogP contribution in [0, 0.1) is 13.8 Å². The fraction of sp³-hybridized carbons (Fsp3) is 0.231. The summed E-state index contributed by atoms with van der Waals surface area (Å²) in [6.07, 6.45) is 0. The molecule has 0 aliphatic rings. The van der Waals surface area contributed by atoms with Gasteiger partial charge >= 0.3 is 5.97 Å². The van der Waals surface area contributed by atoms with E-state index in [1.54, 1.807) is 0 Å². The van der Waals surface area contributed by atoms with Crippen molar-refractivity contribution < 1.29 is 9.53 Å². The van der Waals surface area contributed by atoms with Crippen molar-refractivity contribution in [1.82, 2.24) is 4.98 Å². The second-order valence-corrected chi connectivity index (χ2v) is 4.91. The monoisotopic (exact) mass is 247 g/mol. The summed E-state index contributed by atoms with van der Waals surface area (Å²) in [5, 5.41) is 0.883. The van der Waals surface area contributed by atoms with E-state index in [-0.39, 0.29) is 5.97 Å². The number of aryl methyl sites for hydroxylation is 2. The number of thiazole rings is 1. The average Bonchev–Trinajstić information content (AvgIpc) is 2.67. The Bertz CT molecular complexity index is 519. The molecular weight excluding hydrogens is 234 g/mol. The van der Waals surface area contributed by atoms with E-state index in [1.807, 2.05) is 44.2 Å². The number of hydrogen-bond donors (Lipinski definition) is 0. The molecule has 0 unspecified atom stereocenters. The van der Waals surface area contributed by atoms with Crippen LogP contribution in [0.4, 0.5) is 0 Å². The van der Waals surface area contributed by atoms with Gasteiger partial charge in [-0.25, -0.2) is 9.78 Å². The molecule has 1 aromatic carbocycles. The minimum absolute atomic E-state index is 0.294. The van der Waals surface area contributed by atoms with Crippen molar-refractivity contribution in [2.24, 2.45) is 0 Å². The zero-order chi connectivity index (χ0) is 12.3. The Morgan fingerprint density at radius 2 is 2.00 bits per heavy atom. The zero-order valence-electron chi connectivity index (χ0n) is 9.77. The summed E-state index contributed by atoms with van der Waals surface area (Å²) >= 11 is 1.37. The molecule has 0 atom stereocenters. The first kappa shape index (κ1) is 11.8. The average molecular weight is 247 g/mol. The molecule has 0 fully saturated rings. The molecule has 0 saturated carbocycles. The third-order valence-electron chi connectivity index (χ3n) is 2.30. The topological polar surface area (TPSA) is 39.2 Å². The maximum Gasteiger partial charge on any atom is 0.350 e. The van der Waals surface area contributed by atoms with Gasteiger partial charge in [-0.15, -0.1) is 11.3 Å². The van der Waals surface area contributed by atoms with Gasteiger partial charge in [0.05, 0.1) is 10.7 Å². The van der Waals surface area contributed by atoms with Gasteiger partial charge in [0.1, 0.15) is 11.5 Å². The summed E-state index contributed by atoms with van der Waals surface area (Å²) < 4.78 is 5.24. The molecule has 1 heterocycles. The third kappa shape index (κ3) is 2.91. The van der Waals surface area contributed by atoms with Gasteiger partial charge in [-0.05, 0) is 19.4 Å². The second kappa shape index (κ2) is 5.10. The van der Waals surface area contributed by atoms with Crippen molar-refractivity contribution in [1.29, 1.82) is 0 Å². The molecule has 17 heavy (non-hydrogen) atoms. The van der Waals surface area contributed by atoms with Crippen LogP contribution in [-0.2, 0) is 11.3 Å². The first-order chi connectivity index (χ1) is 8.16. The van der Waals surface area contributed by atoms with Crippen LogP contribution in [0.25, 0.3) is 0 Å². The van der Waals surface area contributed by atoms with E-state index in [2.05, 4.69) is 4.98 Å². The highest BCUT2D eigenvalue weighted by Gasteiger charge is 2.14. The fourth-order valence-corrected chi connectivity index (χ4v) is 2.32. The van der Waals surface area contributed by atoms with Gasteiger partial charge in [0.15, 0.2) is 0 Å². The Balaban J connectivity index is 2.01. The molecule has 0 spiro atoms. The van der Waals surface area contributed by atoms with Crippen LogP contribution in [-0.4, -0.2) is 11.0 Å².